The van der Waals surface area contributed by atoms with Crippen LogP contribution < -0.4 is 5.32 Å². The van der Waals surface area contributed by atoms with E-state index in [1.54, 1.807) is 6.20 Å². The third-order valence-corrected chi connectivity index (χ3v) is 2.17. The van der Waals surface area contributed by atoms with Crippen LogP contribution in [0.4, 0.5) is 0 Å². The summed E-state index contributed by atoms with van der Waals surface area (Å²) >= 11 is 0. The zero-order chi connectivity index (χ0) is 10.2. The predicted octanol–water partition coefficient (Wildman–Crippen LogP) is 1.33. The summed E-state index contributed by atoms with van der Waals surface area (Å²) in [5.74, 6) is 0. The lowest BCUT2D eigenvalue weighted by molar-refractivity contribution is 0.276. The van der Waals surface area contributed by atoms with Crippen molar-refractivity contribution in [2.24, 2.45) is 0 Å². The molecule has 0 radical (unpaired) electrons. The summed E-state index contributed by atoms with van der Waals surface area (Å²) in [6.45, 7) is 3.26. The number of rotatable bonds is 6. The van der Waals surface area contributed by atoms with Gasteiger partial charge in [-0.3, -0.25) is 4.98 Å². The van der Waals surface area contributed by atoms with Gasteiger partial charge >= 0.3 is 0 Å². The first kappa shape index (κ1) is 11.1. The van der Waals surface area contributed by atoms with Gasteiger partial charge in [0.15, 0.2) is 0 Å². The van der Waals surface area contributed by atoms with Gasteiger partial charge in [-0.15, -0.1) is 0 Å². The maximum Gasteiger partial charge on any atom is 0.0431 e. The highest BCUT2D eigenvalue weighted by atomic mass is 16.2. The van der Waals surface area contributed by atoms with E-state index in [9.17, 15) is 0 Å². The first-order valence-corrected chi connectivity index (χ1v) is 5.06. The van der Waals surface area contributed by atoms with Crippen LogP contribution in [-0.2, 0) is 6.54 Å². The van der Waals surface area contributed by atoms with Crippen LogP contribution in [-0.4, -0.2) is 22.7 Å². The van der Waals surface area contributed by atoms with Crippen LogP contribution in [0.3, 0.4) is 0 Å². The smallest absolute Gasteiger partial charge is 0.0431 e. The Morgan fingerprint density at radius 3 is 3.07 bits per heavy atom. The molecule has 0 amide bonds. The first-order valence-electron chi connectivity index (χ1n) is 5.06. The second-order valence-electron chi connectivity index (χ2n) is 3.51. The van der Waals surface area contributed by atoms with Gasteiger partial charge in [-0.25, -0.2) is 0 Å². The van der Waals surface area contributed by atoms with Crippen LogP contribution in [0.2, 0.25) is 0 Å². The summed E-state index contributed by atoms with van der Waals surface area (Å²) in [6, 6.07) is 4.44. The van der Waals surface area contributed by atoms with Crippen molar-refractivity contribution in [1.29, 1.82) is 0 Å². The molecule has 1 aromatic rings. The standard InChI is InChI=1S/C11H18N2O/c1-10(4-3-7-14)13-9-11-5-2-6-12-8-11/h2,5-6,8,10,13-14H,3-4,7,9H2,1H3/t10-/m0/s1. The van der Waals surface area contributed by atoms with Gasteiger partial charge in [-0.1, -0.05) is 6.07 Å². The molecule has 0 fully saturated rings. The minimum Gasteiger partial charge on any atom is -0.396 e. The van der Waals surface area contributed by atoms with Crippen molar-refractivity contribution >= 4 is 0 Å². The highest BCUT2D eigenvalue weighted by Crippen LogP contribution is 1.99. The van der Waals surface area contributed by atoms with Crippen molar-refractivity contribution < 1.29 is 5.11 Å². The number of hydrogen-bond donors (Lipinski definition) is 2. The summed E-state index contributed by atoms with van der Waals surface area (Å²) in [5.41, 5.74) is 1.20. The van der Waals surface area contributed by atoms with Crippen molar-refractivity contribution in [1.82, 2.24) is 10.3 Å². The van der Waals surface area contributed by atoms with Gasteiger partial charge in [0.1, 0.15) is 0 Å². The van der Waals surface area contributed by atoms with E-state index in [0.717, 1.165) is 19.4 Å². The van der Waals surface area contributed by atoms with E-state index in [1.165, 1.54) is 5.56 Å². The molecule has 1 rings (SSSR count). The zero-order valence-corrected chi connectivity index (χ0v) is 8.61. The fraction of sp³-hybridized carbons (Fsp3) is 0.545. The van der Waals surface area contributed by atoms with Crippen molar-refractivity contribution in [3.8, 4) is 0 Å². The van der Waals surface area contributed by atoms with Crippen molar-refractivity contribution in [3.05, 3.63) is 30.1 Å². The summed E-state index contributed by atoms with van der Waals surface area (Å²) in [7, 11) is 0. The van der Waals surface area contributed by atoms with Gasteiger partial charge in [-0.05, 0) is 31.4 Å². The molecule has 0 aliphatic heterocycles. The molecule has 0 spiro atoms. The number of nitrogens with one attached hydrogen (secondary N) is 1. The normalized spacial score (nSPS) is 12.7. The average Bonchev–Trinajstić information content (AvgIpc) is 2.25. The first-order chi connectivity index (χ1) is 6.83. The summed E-state index contributed by atoms with van der Waals surface area (Å²) in [6.07, 6.45) is 5.52. The van der Waals surface area contributed by atoms with Crippen LogP contribution in [0.25, 0.3) is 0 Å². The lowest BCUT2D eigenvalue weighted by atomic mass is 10.2. The lowest BCUT2D eigenvalue weighted by Crippen LogP contribution is -2.25. The predicted molar refractivity (Wildman–Crippen MR) is 56.9 cm³/mol. The van der Waals surface area contributed by atoms with Crippen molar-refractivity contribution in [3.63, 3.8) is 0 Å². The van der Waals surface area contributed by atoms with E-state index in [-0.39, 0.29) is 6.61 Å². The Labute approximate surface area is 85.2 Å². The number of hydrogen-bond acceptors (Lipinski definition) is 3. The van der Waals surface area contributed by atoms with E-state index in [1.807, 2.05) is 12.3 Å². The molecular formula is C11H18N2O. The van der Waals surface area contributed by atoms with Gasteiger partial charge in [0.05, 0.1) is 0 Å². The quantitative estimate of drug-likeness (QED) is 0.718. The van der Waals surface area contributed by atoms with Gasteiger partial charge in [0, 0.05) is 31.6 Å². The molecule has 0 aromatic carbocycles. The number of pyridine rings is 1. The molecule has 0 unspecified atom stereocenters. The number of aliphatic hydroxyl groups is 1. The minimum absolute atomic E-state index is 0.277. The monoisotopic (exact) mass is 194 g/mol. The molecular weight excluding hydrogens is 176 g/mol. The van der Waals surface area contributed by atoms with Crippen LogP contribution in [0.15, 0.2) is 24.5 Å². The molecule has 0 saturated heterocycles. The molecule has 78 valence electrons. The average molecular weight is 194 g/mol. The SMILES string of the molecule is C[C@@H](CCCO)NCc1cccnc1. The van der Waals surface area contributed by atoms with E-state index >= 15 is 0 Å². The van der Waals surface area contributed by atoms with Gasteiger partial charge < -0.3 is 10.4 Å². The third kappa shape index (κ3) is 4.35. The molecule has 3 heteroatoms. The molecule has 2 N–H and O–H groups in total. The Morgan fingerprint density at radius 1 is 1.57 bits per heavy atom. The molecule has 14 heavy (non-hydrogen) atoms. The maximum absolute atomic E-state index is 8.66. The van der Waals surface area contributed by atoms with Crippen molar-refractivity contribution in [2.45, 2.75) is 32.4 Å². The van der Waals surface area contributed by atoms with Gasteiger partial charge in [0.25, 0.3) is 0 Å². The molecule has 0 saturated carbocycles. The molecule has 1 heterocycles. The third-order valence-electron chi connectivity index (χ3n) is 2.17. The molecule has 3 nitrogen and oxygen atoms in total. The topological polar surface area (TPSA) is 45.1 Å². The van der Waals surface area contributed by atoms with E-state index < -0.39 is 0 Å². The highest BCUT2D eigenvalue weighted by molar-refractivity contribution is 5.07. The number of nitrogens with zero attached hydrogens (tertiary/aromatic N) is 1. The highest BCUT2D eigenvalue weighted by Gasteiger charge is 2.00. The Bertz CT molecular complexity index is 238. The fourth-order valence-electron chi connectivity index (χ4n) is 1.29. The van der Waals surface area contributed by atoms with Gasteiger partial charge in [0.2, 0.25) is 0 Å². The summed E-state index contributed by atoms with van der Waals surface area (Å²) in [5, 5.41) is 12.0. The summed E-state index contributed by atoms with van der Waals surface area (Å²) in [4.78, 5) is 4.04. The lowest BCUT2D eigenvalue weighted by Gasteiger charge is -2.12. The Morgan fingerprint density at radius 2 is 2.43 bits per heavy atom. The largest absolute Gasteiger partial charge is 0.396 e. The van der Waals surface area contributed by atoms with Crippen LogP contribution in [0, 0.1) is 0 Å². The Kier molecular flexibility index (Phi) is 5.19. The second kappa shape index (κ2) is 6.51. The molecule has 0 aliphatic carbocycles. The molecule has 1 atom stereocenters. The Balaban J connectivity index is 2.20. The zero-order valence-electron chi connectivity index (χ0n) is 8.61. The summed E-state index contributed by atoms with van der Waals surface area (Å²) < 4.78 is 0. The minimum atomic E-state index is 0.277. The molecule has 0 aliphatic rings. The van der Waals surface area contributed by atoms with Gasteiger partial charge in [-0.2, -0.15) is 0 Å². The van der Waals surface area contributed by atoms with E-state index in [4.69, 9.17) is 5.11 Å². The van der Waals surface area contributed by atoms with Crippen LogP contribution >= 0.6 is 0 Å². The second-order valence-corrected chi connectivity index (χ2v) is 3.51. The van der Waals surface area contributed by atoms with E-state index in [0.29, 0.717) is 6.04 Å². The molecule has 0 bridgehead atoms. The van der Waals surface area contributed by atoms with Crippen molar-refractivity contribution in [2.75, 3.05) is 6.61 Å². The Hall–Kier alpha value is -0.930. The van der Waals surface area contributed by atoms with Crippen LogP contribution in [0.5, 0.6) is 0 Å². The van der Waals surface area contributed by atoms with Crippen LogP contribution in [0.1, 0.15) is 25.3 Å². The maximum atomic E-state index is 8.66. The number of aliphatic hydroxyl groups excluding tert-OH is 1. The number of aromatic nitrogens is 1. The fourth-order valence-corrected chi connectivity index (χ4v) is 1.29. The van der Waals surface area contributed by atoms with E-state index in [2.05, 4.69) is 23.3 Å². The molecule has 1 aromatic heterocycles.